The highest BCUT2D eigenvalue weighted by Crippen LogP contribution is 2.44. The van der Waals surface area contributed by atoms with Gasteiger partial charge in [-0.15, -0.1) is 0 Å². The molecule has 0 saturated carbocycles. The summed E-state index contributed by atoms with van der Waals surface area (Å²) in [4.78, 5) is 14.6. The Labute approximate surface area is 178 Å². The number of rotatable bonds is 2. The van der Waals surface area contributed by atoms with E-state index < -0.39 is 0 Å². The van der Waals surface area contributed by atoms with E-state index in [0.717, 1.165) is 36.5 Å². The second-order valence-corrected chi connectivity index (χ2v) is 9.15. The van der Waals surface area contributed by atoms with Gasteiger partial charge >= 0.3 is 0 Å². The SMILES string of the molecule is c1ccc2c(c1)NCC21CCN(C2CCN(c3cnc4ccccc4n3)CC2)CC1. The topological polar surface area (TPSA) is 44.3 Å². The third kappa shape index (κ3) is 3.03. The van der Waals surface area contributed by atoms with Crippen LogP contribution in [-0.2, 0) is 5.41 Å². The molecule has 0 bridgehead atoms. The summed E-state index contributed by atoms with van der Waals surface area (Å²) in [6, 6.07) is 17.8. The molecule has 154 valence electrons. The van der Waals surface area contributed by atoms with Crippen LogP contribution in [0, 0.1) is 0 Å². The van der Waals surface area contributed by atoms with E-state index in [-0.39, 0.29) is 0 Å². The van der Waals surface area contributed by atoms with Gasteiger partial charge in [0, 0.05) is 36.8 Å². The molecule has 1 spiro atoms. The standard InChI is InChI=1S/C25H29N5/c1-2-6-21-20(5-1)25(18-27-21)11-15-29(16-12-25)19-9-13-30(14-10-19)24-17-26-22-7-3-4-8-23(22)28-24/h1-8,17,19,27H,9-16,18H2. The third-order valence-electron chi connectivity index (χ3n) is 7.61. The van der Waals surface area contributed by atoms with Gasteiger partial charge in [-0.25, -0.2) is 4.98 Å². The molecule has 2 saturated heterocycles. The van der Waals surface area contributed by atoms with Crippen molar-refractivity contribution >= 4 is 22.5 Å². The molecule has 5 nitrogen and oxygen atoms in total. The van der Waals surface area contributed by atoms with Gasteiger partial charge in [0.1, 0.15) is 5.82 Å². The monoisotopic (exact) mass is 399 g/mol. The van der Waals surface area contributed by atoms with Crippen LogP contribution in [0.5, 0.6) is 0 Å². The van der Waals surface area contributed by atoms with Gasteiger partial charge in [-0.3, -0.25) is 4.98 Å². The molecule has 0 atom stereocenters. The first-order valence-electron chi connectivity index (χ1n) is 11.3. The van der Waals surface area contributed by atoms with Gasteiger partial charge in [0.25, 0.3) is 0 Å². The van der Waals surface area contributed by atoms with Crippen molar-refractivity contribution in [2.24, 2.45) is 0 Å². The number of fused-ring (bicyclic) bond motifs is 3. The molecule has 1 aromatic heterocycles. The lowest BCUT2D eigenvalue weighted by atomic mass is 9.74. The Balaban J connectivity index is 1.09. The zero-order valence-electron chi connectivity index (χ0n) is 17.4. The van der Waals surface area contributed by atoms with Gasteiger partial charge < -0.3 is 15.1 Å². The Morgan fingerprint density at radius 1 is 0.867 bits per heavy atom. The van der Waals surface area contributed by atoms with Crippen LogP contribution < -0.4 is 10.2 Å². The fourth-order valence-corrected chi connectivity index (χ4v) is 5.78. The van der Waals surface area contributed by atoms with E-state index in [0.29, 0.717) is 11.5 Å². The van der Waals surface area contributed by atoms with Gasteiger partial charge in [-0.1, -0.05) is 30.3 Å². The minimum absolute atomic E-state index is 0.356. The minimum Gasteiger partial charge on any atom is -0.384 e. The van der Waals surface area contributed by atoms with E-state index in [2.05, 4.69) is 50.4 Å². The lowest BCUT2D eigenvalue weighted by Gasteiger charge is -2.45. The molecule has 0 aliphatic carbocycles. The molecular formula is C25H29N5. The summed E-state index contributed by atoms with van der Waals surface area (Å²) in [6.07, 6.45) is 6.92. The van der Waals surface area contributed by atoms with Gasteiger partial charge in [0.05, 0.1) is 17.2 Å². The number of benzene rings is 2. The van der Waals surface area contributed by atoms with E-state index >= 15 is 0 Å². The molecule has 30 heavy (non-hydrogen) atoms. The molecule has 3 aliphatic rings. The highest BCUT2D eigenvalue weighted by molar-refractivity contribution is 5.75. The van der Waals surface area contributed by atoms with Crippen LogP contribution in [0.15, 0.2) is 54.7 Å². The minimum atomic E-state index is 0.356. The number of nitrogens with one attached hydrogen (secondary N) is 1. The largest absolute Gasteiger partial charge is 0.384 e. The molecule has 1 N–H and O–H groups in total. The summed E-state index contributed by atoms with van der Waals surface area (Å²) in [5.74, 6) is 1.03. The van der Waals surface area contributed by atoms with Crippen LogP contribution in [0.25, 0.3) is 11.0 Å². The van der Waals surface area contributed by atoms with E-state index in [1.807, 2.05) is 24.4 Å². The van der Waals surface area contributed by atoms with Gasteiger partial charge in [0.15, 0.2) is 0 Å². The van der Waals surface area contributed by atoms with Gasteiger partial charge in [0.2, 0.25) is 0 Å². The predicted octanol–water partition coefficient (Wildman–Crippen LogP) is 4.06. The molecule has 5 heteroatoms. The number of hydrogen-bond donors (Lipinski definition) is 1. The average Bonchev–Trinajstić information content (AvgIpc) is 3.18. The number of hydrogen-bond acceptors (Lipinski definition) is 5. The first-order chi connectivity index (χ1) is 14.8. The maximum Gasteiger partial charge on any atom is 0.147 e. The van der Waals surface area contributed by atoms with E-state index in [4.69, 9.17) is 4.98 Å². The first kappa shape index (κ1) is 18.1. The molecule has 2 fully saturated rings. The zero-order chi connectivity index (χ0) is 20.0. The normalized spacial score (nSPS) is 21.7. The Morgan fingerprint density at radius 2 is 1.60 bits per heavy atom. The Bertz CT molecular complexity index is 1050. The zero-order valence-corrected chi connectivity index (χ0v) is 17.4. The number of anilines is 2. The van der Waals surface area contributed by atoms with Crippen LogP contribution in [0.1, 0.15) is 31.2 Å². The summed E-state index contributed by atoms with van der Waals surface area (Å²) in [5.41, 5.74) is 5.23. The Morgan fingerprint density at radius 3 is 2.43 bits per heavy atom. The molecule has 3 aromatic rings. The number of para-hydroxylation sites is 3. The number of nitrogens with zero attached hydrogens (tertiary/aromatic N) is 4. The molecule has 4 heterocycles. The maximum atomic E-state index is 4.85. The van der Waals surface area contributed by atoms with Crippen molar-refractivity contribution < 1.29 is 0 Å². The van der Waals surface area contributed by atoms with E-state index in [1.165, 1.54) is 44.5 Å². The summed E-state index contributed by atoms with van der Waals surface area (Å²) in [5, 5.41) is 3.65. The predicted molar refractivity (Wildman–Crippen MR) is 122 cm³/mol. The second kappa shape index (κ2) is 7.24. The molecule has 2 aromatic carbocycles. The third-order valence-corrected chi connectivity index (χ3v) is 7.61. The van der Waals surface area contributed by atoms with Crippen LogP contribution in [-0.4, -0.2) is 53.6 Å². The van der Waals surface area contributed by atoms with Crippen molar-refractivity contribution in [3.63, 3.8) is 0 Å². The van der Waals surface area contributed by atoms with Crippen molar-refractivity contribution in [2.45, 2.75) is 37.1 Å². The van der Waals surface area contributed by atoms with Gasteiger partial charge in [-0.05, 0) is 62.5 Å². The van der Waals surface area contributed by atoms with Crippen LogP contribution in [0.4, 0.5) is 11.5 Å². The van der Waals surface area contributed by atoms with Crippen LogP contribution >= 0.6 is 0 Å². The molecule has 0 radical (unpaired) electrons. The molecule has 0 amide bonds. The fraction of sp³-hybridized carbons (Fsp3) is 0.440. The van der Waals surface area contributed by atoms with Crippen molar-refractivity contribution in [2.75, 3.05) is 42.9 Å². The average molecular weight is 400 g/mol. The lowest BCUT2D eigenvalue weighted by Crippen LogP contribution is -2.51. The van der Waals surface area contributed by atoms with Crippen molar-refractivity contribution in [1.82, 2.24) is 14.9 Å². The van der Waals surface area contributed by atoms with Crippen molar-refractivity contribution in [3.05, 3.63) is 60.3 Å². The van der Waals surface area contributed by atoms with E-state index in [9.17, 15) is 0 Å². The quantitative estimate of drug-likeness (QED) is 0.704. The summed E-state index contributed by atoms with van der Waals surface area (Å²) in [6.45, 7) is 5.69. The van der Waals surface area contributed by atoms with Crippen molar-refractivity contribution in [3.8, 4) is 0 Å². The highest BCUT2D eigenvalue weighted by atomic mass is 15.2. The molecule has 6 rings (SSSR count). The summed E-state index contributed by atoms with van der Waals surface area (Å²) < 4.78 is 0. The number of aromatic nitrogens is 2. The molecule has 0 unspecified atom stereocenters. The lowest BCUT2D eigenvalue weighted by molar-refractivity contribution is 0.106. The van der Waals surface area contributed by atoms with Crippen LogP contribution in [0.2, 0.25) is 0 Å². The molecular weight excluding hydrogens is 370 g/mol. The highest BCUT2D eigenvalue weighted by Gasteiger charge is 2.42. The summed E-state index contributed by atoms with van der Waals surface area (Å²) >= 11 is 0. The van der Waals surface area contributed by atoms with Gasteiger partial charge in [-0.2, -0.15) is 0 Å². The second-order valence-electron chi connectivity index (χ2n) is 9.15. The Kier molecular flexibility index (Phi) is 4.38. The molecule has 3 aliphatic heterocycles. The fourth-order valence-electron chi connectivity index (χ4n) is 5.78. The number of likely N-dealkylation sites (tertiary alicyclic amines) is 1. The smallest absolute Gasteiger partial charge is 0.147 e. The summed E-state index contributed by atoms with van der Waals surface area (Å²) in [7, 11) is 0. The first-order valence-corrected chi connectivity index (χ1v) is 11.3. The maximum absolute atomic E-state index is 4.85. The number of piperidine rings is 2. The van der Waals surface area contributed by atoms with Crippen LogP contribution in [0.3, 0.4) is 0 Å². The van der Waals surface area contributed by atoms with Crippen molar-refractivity contribution in [1.29, 1.82) is 0 Å². The Hall–Kier alpha value is -2.66. The van der Waals surface area contributed by atoms with E-state index in [1.54, 1.807) is 5.56 Å².